The highest BCUT2D eigenvalue weighted by molar-refractivity contribution is 8.01. The summed E-state index contributed by atoms with van der Waals surface area (Å²) >= 11 is 4.47. The summed E-state index contributed by atoms with van der Waals surface area (Å²) < 4.78 is 0. The molecule has 0 aromatic heterocycles. The van der Waals surface area contributed by atoms with E-state index in [0.717, 1.165) is 11.2 Å². The Morgan fingerprint density at radius 1 is 0.788 bits per heavy atom. The molecule has 33 heavy (non-hydrogen) atoms. The standard InChI is InChI=1S/C31H44S2/c1-3-5-15-23-31(24-16-6-4-2)29(25-17-9-7-10-18-25)33-28-22-14-13-21-27(28)30(31)32-26-19-11-8-12-20-26/h8,11-14,19-22,25,29-30H,3-7,9-10,15-18,23-24H2,1-2H3/t29-,30+/m1/s1. The van der Waals surface area contributed by atoms with Crippen molar-refractivity contribution in [3.8, 4) is 0 Å². The first-order valence-electron chi connectivity index (χ1n) is 13.8. The van der Waals surface area contributed by atoms with Crippen molar-refractivity contribution >= 4 is 23.5 Å². The first-order chi connectivity index (χ1) is 16.3. The van der Waals surface area contributed by atoms with Gasteiger partial charge in [0, 0.05) is 20.3 Å². The molecule has 0 radical (unpaired) electrons. The quantitative estimate of drug-likeness (QED) is 0.293. The fraction of sp³-hybridized carbons (Fsp3) is 0.613. The summed E-state index contributed by atoms with van der Waals surface area (Å²) in [6.45, 7) is 4.73. The molecule has 0 saturated heterocycles. The number of hydrogen-bond acceptors (Lipinski definition) is 2. The smallest absolute Gasteiger partial charge is 0.0422 e. The summed E-state index contributed by atoms with van der Waals surface area (Å²) in [4.78, 5) is 3.02. The topological polar surface area (TPSA) is 0 Å². The van der Waals surface area contributed by atoms with Crippen LogP contribution in [0.25, 0.3) is 0 Å². The molecule has 1 saturated carbocycles. The Bertz CT molecular complexity index is 814. The molecule has 1 heterocycles. The maximum Gasteiger partial charge on any atom is 0.0422 e. The molecule has 2 atom stereocenters. The highest BCUT2D eigenvalue weighted by atomic mass is 32.2. The van der Waals surface area contributed by atoms with Gasteiger partial charge in [-0.15, -0.1) is 23.5 Å². The molecular formula is C31H44S2. The number of hydrogen-bond donors (Lipinski definition) is 0. The molecule has 180 valence electrons. The Balaban J connectivity index is 1.79. The molecule has 0 unspecified atom stereocenters. The second-order valence-electron chi connectivity index (χ2n) is 10.4. The van der Waals surface area contributed by atoms with Gasteiger partial charge in [-0.05, 0) is 60.8 Å². The van der Waals surface area contributed by atoms with Crippen LogP contribution < -0.4 is 0 Å². The Kier molecular flexibility index (Phi) is 9.74. The van der Waals surface area contributed by atoms with Crippen LogP contribution in [0.4, 0.5) is 0 Å². The molecule has 2 aromatic rings. The summed E-state index contributed by atoms with van der Waals surface area (Å²) in [5.74, 6) is 0.888. The van der Waals surface area contributed by atoms with E-state index in [1.807, 2.05) is 0 Å². The lowest BCUT2D eigenvalue weighted by atomic mass is 9.65. The van der Waals surface area contributed by atoms with Crippen LogP contribution >= 0.6 is 23.5 Å². The van der Waals surface area contributed by atoms with E-state index in [4.69, 9.17) is 0 Å². The summed E-state index contributed by atoms with van der Waals surface area (Å²) in [5, 5.41) is 1.33. The van der Waals surface area contributed by atoms with E-state index in [0.29, 0.717) is 10.7 Å². The highest BCUT2D eigenvalue weighted by Gasteiger charge is 2.52. The van der Waals surface area contributed by atoms with Crippen molar-refractivity contribution in [1.29, 1.82) is 0 Å². The molecule has 0 amide bonds. The Hall–Kier alpha value is -0.860. The molecular weight excluding hydrogens is 436 g/mol. The van der Waals surface area contributed by atoms with Gasteiger partial charge < -0.3 is 0 Å². The van der Waals surface area contributed by atoms with Gasteiger partial charge in [0.05, 0.1) is 0 Å². The second kappa shape index (κ2) is 12.7. The number of rotatable bonds is 11. The summed E-state index contributed by atoms with van der Waals surface area (Å²) in [7, 11) is 0. The van der Waals surface area contributed by atoms with Crippen molar-refractivity contribution in [3.63, 3.8) is 0 Å². The molecule has 0 N–H and O–H groups in total. The van der Waals surface area contributed by atoms with Gasteiger partial charge in [-0.2, -0.15) is 0 Å². The lowest BCUT2D eigenvalue weighted by molar-refractivity contribution is 0.148. The molecule has 2 heteroatoms. The van der Waals surface area contributed by atoms with Crippen LogP contribution in [0.5, 0.6) is 0 Å². The average molecular weight is 481 g/mol. The minimum atomic E-state index is 0.395. The van der Waals surface area contributed by atoms with Gasteiger partial charge in [0.25, 0.3) is 0 Å². The third-order valence-electron chi connectivity index (χ3n) is 8.11. The predicted octanol–water partition coefficient (Wildman–Crippen LogP) is 10.7. The van der Waals surface area contributed by atoms with Crippen molar-refractivity contribution in [3.05, 3.63) is 60.2 Å². The van der Waals surface area contributed by atoms with Crippen LogP contribution in [0.3, 0.4) is 0 Å². The average Bonchev–Trinajstić information content (AvgIpc) is 2.87. The first-order valence-corrected chi connectivity index (χ1v) is 15.5. The first kappa shape index (κ1) is 25.2. The second-order valence-corrected chi connectivity index (χ2v) is 12.8. The van der Waals surface area contributed by atoms with Gasteiger partial charge in [0.15, 0.2) is 0 Å². The lowest BCUT2D eigenvalue weighted by Crippen LogP contribution is -2.45. The molecule has 2 aliphatic rings. The maximum atomic E-state index is 2.47. The monoisotopic (exact) mass is 480 g/mol. The summed E-state index contributed by atoms with van der Waals surface area (Å²) in [5.41, 5.74) is 2.02. The van der Waals surface area contributed by atoms with E-state index >= 15 is 0 Å². The number of fused-ring (bicyclic) bond motifs is 1. The predicted molar refractivity (Wildman–Crippen MR) is 148 cm³/mol. The van der Waals surface area contributed by atoms with Crippen molar-refractivity contribution in [2.75, 3.05) is 0 Å². The normalized spacial score (nSPS) is 22.7. The van der Waals surface area contributed by atoms with Crippen LogP contribution in [0.15, 0.2) is 64.4 Å². The summed E-state index contributed by atoms with van der Waals surface area (Å²) in [6.07, 6.45) is 18.2. The molecule has 0 nitrogen and oxygen atoms in total. The van der Waals surface area contributed by atoms with Crippen molar-refractivity contribution < 1.29 is 0 Å². The Morgan fingerprint density at radius 2 is 1.42 bits per heavy atom. The molecule has 0 bridgehead atoms. The largest absolute Gasteiger partial charge is 0.121 e. The zero-order valence-corrected chi connectivity index (χ0v) is 22.6. The van der Waals surface area contributed by atoms with Crippen molar-refractivity contribution in [1.82, 2.24) is 0 Å². The van der Waals surface area contributed by atoms with Gasteiger partial charge in [-0.3, -0.25) is 0 Å². The van der Waals surface area contributed by atoms with E-state index in [2.05, 4.69) is 92.0 Å². The molecule has 0 spiro atoms. The number of benzene rings is 2. The summed E-state index contributed by atoms with van der Waals surface area (Å²) in [6, 6.07) is 20.7. The van der Waals surface area contributed by atoms with Crippen LogP contribution in [0.2, 0.25) is 0 Å². The zero-order valence-electron chi connectivity index (χ0n) is 20.9. The molecule has 2 aromatic carbocycles. The minimum absolute atomic E-state index is 0.395. The third kappa shape index (κ3) is 6.04. The molecule has 1 aliphatic heterocycles. The minimum Gasteiger partial charge on any atom is -0.121 e. The van der Waals surface area contributed by atoms with Crippen LogP contribution in [-0.2, 0) is 0 Å². The lowest BCUT2D eigenvalue weighted by Gasteiger charge is -2.53. The number of unbranched alkanes of at least 4 members (excludes halogenated alkanes) is 4. The SMILES string of the molecule is CCCCCC1(CCCCC)[C@@H](C2CCCCC2)Sc2ccccc2[C@@H]1Sc1ccccc1. The molecule has 4 rings (SSSR count). The fourth-order valence-corrected chi connectivity index (χ4v) is 9.94. The van der Waals surface area contributed by atoms with E-state index in [-0.39, 0.29) is 0 Å². The highest BCUT2D eigenvalue weighted by Crippen LogP contribution is 2.65. The van der Waals surface area contributed by atoms with Gasteiger partial charge in [-0.25, -0.2) is 0 Å². The zero-order chi connectivity index (χ0) is 22.9. The number of thioether (sulfide) groups is 2. The van der Waals surface area contributed by atoms with E-state index < -0.39 is 0 Å². The van der Waals surface area contributed by atoms with Crippen LogP contribution in [0, 0.1) is 11.3 Å². The van der Waals surface area contributed by atoms with Gasteiger partial charge in [0.1, 0.15) is 0 Å². The van der Waals surface area contributed by atoms with Crippen LogP contribution in [0.1, 0.15) is 108 Å². The Morgan fingerprint density at radius 3 is 2.09 bits per heavy atom. The van der Waals surface area contributed by atoms with Gasteiger partial charge in [0.2, 0.25) is 0 Å². The van der Waals surface area contributed by atoms with E-state index in [1.165, 1.54) is 88.4 Å². The Labute approximate surface area is 212 Å². The molecule has 1 aliphatic carbocycles. The van der Waals surface area contributed by atoms with Crippen molar-refractivity contribution in [2.45, 2.75) is 118 Å². The van der Waals surface area contributed by atoms with Crippen LogP contribution in [-0.4, -0.2) is 5.25 Å². The van der Waals surface area contributed by atoms with E-state index in [1.54, 1.807) is 10.5 Å². The third-order valence-corrected chi connectivity index (χ3v) is 11.3. The van der Waals surface area contributed by atoms with Gasteiger partial charge >= 0.3 is 0 Å². The maximum absolute atomic E-state index is 2.47. The fourth-order valence-electron chi connectivity index (χ4n) is 6.42. The van der Waals surface area contributed by atoms with Gasteiger partial charge in [-0.1, -0.05) is 108 Å². The van der Waals surface area contributed by atoms with Crippen molar-refractivity contribution in [2.24, 2.45) is 11.3 Å². The molecule has 1 fully saturated rings. The van der Waals surface area contributed by atoms with E-state index in [9.17, 15) is 0 Å².